The Morgan fingerprint density at radius 2 is 2.26 bits per heavy atom. The molecule has 1 aliphatic rings. The molecule has 4 heteroatoms. The third kappa shape index (κ3) is 2.25. The zero-order valence-electron chi connectivity index (χ0n) is 10.8. The molecule has 2 atom stereocenters. The van der Waals surface area contributed by atoms with Crippen LogP contribution in [0, 0.1) is 11.3 Å². The molecule has 1 aromatic carbocycles. The smallest absolute Gasteiger partial charge is 0.144 e. The topological polar surface area (TPSA) is 57.9 Å². The average Bonchev–Trinajstić information content (AvgIpc) is 2.83. The van der Waals surface area contributed by atoms with E-state index in [1.54, 1.807) is 0 Å². The first-order chi connectivity index (χ1) is 9.28. The standard InChI is InChI=1S/C15H15N3O/c1-10-13(6-7-19-10)17-15-12(9-16)8-11-4-2-3-5-14(11)18-15/h2-5,8,10,13H,6-7H2,1H3,(H,17,18). The van der Waals surface area contributed by atoms with Gasteiger partial charge in [-0.05, 0) is 25.5 Å². The predicted octanol–water partition coefficient (Wildman–Crippen LogP) is 2.70. The number of nitrogens with zero attached hydrogens (tertiary/aromatic N) is 2. The maximum Gasteiger partial charge on any atom is 0.144 e. The summed E-state index contributed by atoms with van der Waals surface area (Å²) in [6.45, 7) is 2.80. The molecule has 4 nitrogen and oxygen atoms in total. The van der Waals surface area contributed by atoms with Crippen molar-refractivity contribution >= 4 is 16.7 Å². The maximum absolute atomic E-state index is 9.26. The molecule has 2 heterocycles. The summed E-state index contributed by atoms with van der Waals surface area (Å²) < 4.78 is 5.53. The molecule has 1 N–H and O–H groups in total. The molecule has 1 saturated heterocycles. The van der Waals surface area contributed by atoms with E-state index in [1.807, 2.05) is 37.3 Å². The molecule has 0 bridgehead atoms. The Kier molecular flexibility index (Phi) is 3.06. The van der Waals surface area contributed by atoms with Gasteiger partial charge in [-0.2, -0.15) is 5.26 Å². The number of aromatic nitrogens is 1. The summed E-state index contributed by atoms with van der Waals surface area (Å²) in [6, 6.07) is 12.1. The summed E-state index contributed by atoms with van der Waals surface area (Å²) in [6.07, 6.45) is 1.10. The second-order valence-corrected chi connectivity index (χ2v) is 4.80. The van der Waals surface area contributed by atoms with Crippen molar-refractivity contribution in [3.8, 4) is 6.07 Å². The molecule has 3 rings (SSSR count). The van der Waals surface area contributed by atoms with Crippen LogP contribution in [0.1, 0.15) is 18.9 Å². The first-order valence-electron chi connectivity index (χ1n) is 6.46. The SMILES string of the molecule is CC1OCCC1Nc1nc2ccccc2cc1C#N. The second-order valence-electron chi connectivity index (χ2n) is 4.80. The number of nitrogens with one attached hydrogen (secondary N) is 1. The number of fused-ring (bicyclic) bond motifs is 1. The van der Waals surface area contributed by atoms with Crippen molar-refractivity contribution in [2.75, 3.05) is 11.9 Å². The zero-order chi connectivity index (χ0) is 13.2. The predicted molar refractivity (Wildman–Crippen MR) is 73.9 cm³/mol. The van der Waals surface area contributed by atoms with Gasteiger partial charge in [-0.15, -0.1) is 0 Å². The Morgan fingerprint density at radius 3 is 3.00 bits per heavy atom. The van der Waals surface area contributed by atoms with E-state index in [1.165, 1.54) is 0 Å². The summed E-state index contributed by atoms with van der Waals surface area (Å²) in [5, 5.41) is 13.6. The van der Waals surface area contributed by atoms with Crippen LogP contribution in [0.5, 0.6) is 0 Å². The molecule has 1 aliphatic heterocycles. The lowest BCUT2D eigenvalue weighted by atomic mass is 10.1. The van der Waals surface area contributed by atoms with Crippen LogP contribution in [0.25, 0.3) is 10.9 Å². The van der Waals surface area contributed by atoms with Gasteiger partial charge in [0, 0.05) is 12.0 Å². The molecule has 2 aromatic rings. The van der Waals surface area contributed by atoms with Gasteiger partial charge in [-0.3, -0.25) is 0 Å². The lowest BCUT2D eigenvalue weighted by molar-refractivity contribution is 0.121. The molecule has 0 saturated carbocycles. The van der Waals surface area contributed by atoms with Gasteiger partial charge in [0.05, 0.1) is 23.2 Å². The van der Waals surface area contributed by atoms with Gasteiger partial charge >= 0.3 is 0 Å². The van der Waals surface area contributed by atoms with E-state index in [0.717, 1.165) is 23.9 Å². The Morgan fingerprint density at radius 1 is 1.42 bits per heavy atom. The van der Waals surface area contributed by atoms with E-state index in [-0.39, 0.29) is 12.1 Å². The minimum Gasteiger partial charge on any atom is -0.376 e. The highest BCUT2D eigenvalue weighted by atomic mass is 16.5. The number of anilines is 1. The number of nitriles is 1. The molecule has 0 aliphatic carbocycles. The molecule has 0 spiro atoms. The Balaban J connectivity index is 1.99. The van der Waals surface area contributed by atoms with Crippen molar-refractivity contribution in [3.05, 3.63) is 35.9 Å². The summed E-state index contributed by atoms with van der Waals surface area (Å²) in [5.74, 6) is 0.656. The lowest BCUT2D eigenvalue weighted by Crippen LogP contribution is -2.27. The molecule has 19 heavy (non-hydrogen) atoms. The van der Waals surface area contributed by atoms with Gasteiger partial charge in [0.25, 0.3) is 0 Å². The van der Waals surface area contributed by atoms with Crippen LogP contribution in [0.15, 0.2) is 30.3 Å². The fraction of sp³-hybridized carbons (Fsp3) is 0.333. The van der Waals surface area contributed by atoms with Crippen molar-refractivity contribution in [1.29, 1.82) is 5.26 Å². The molecule has 1 aromatic heterocycles. The summed E-state index contributed by atoms with van der Waals surface area (Å²) in [7, 11) is 0. The van der Waals surface area contributed by atoms with Crippen molar-refractivity contribution in [1.82, 2.24) is 4.98 Å². The van der Waals surface area contributed by atoms with E-state index in [9.17, 15) is 5.26 Å². The number of rotatable bonds is 2. The number of hydrogen-bond acceptors (Lipinski definition) is 4. The number of para-hydroxylation sites is 1. The van der Waals surface area contributed by atoms with Crippen molar-refractivity contribution in [2.45, 2.75) is 25.5 Å². The molecule has 96 valence electrons. The van der Waals surface area contributed by atoms with Crippen LogP contribution >= 0.6 is 0 Å². The van der Waals surface area contributed by atoms with Gasteiger partial charge in [0.15, 0.2) is 0 Å². The fourth-order valence-corrected chi connectivity index (χ4v) is 2.41. The van der Waals surface area contributed by atoms with Gasteiger partial charge in [0.2, 0.25) is 0 Å². The van der Waals surface area contributed by atoms with E-state index >= 15 is 0 Å². The zero-order valence-corrected chi connectivity index (χ0v) is 10.8. The highest BCUT2D eigenvalue weighted by Gasteiger charge is 2.25. The van der Waals surface area contributed by atoms with Gasteiger partial charge in [-0.25, -0.2) is 4.98 Å². The van der Waals surface area contributed by atoms with Crippen LogP contribution < -0.4 is 5.32 Å². The molecule has 0 amide bonds. The third-order valence-corrected chi connectivity index (χ3v) is 3.54. The van der Waals surface area contributed by atoms with Crippen LogP contribution in [0.2, 0.25) is 0 Å². The van der Waals surface area contributed by atoms with Crippen molar-refractivity contribution in [2.24, 2.45) is 0 Å². The number of pyridine rings is 1. The first kappa shape index (κ1) is 11.9. The van der Waals surface area contributed by atoms with E-state index in [4.69, 9.17) is 4.74 Å². The largest absolute Gasteiger partial charge is 0.376 e. The first-order valence-corrected chi connectivity index (χ1v) is 6.46. The second kappa shape index (κ2) is 4.87. The minimum atomic E-state index is 0.153. The van der Waals surface area contributed by atoms with Gasteiger partial charge in [-0.1, -0.05) is 18.2 Å². The number of benzene rings is 1. The summed E-state index contributed by atoms with van der Waals surface area (Å²) >= 11 is 0. The maximum atomic E-state index is 9.26. The molecule has 2 unspecified atom stereocenters. The molecule has 0 radical (unpaired) electrons. The normalized spacial score (nSPS) is 22.3. The van der Waals surface area contributed by atoms with Gasteiger partial charge in [0.1, 0.15) is 11.9 Å². The number of hydrogen-bond donors (Lipinski definition) is 1. The van der Waals surface area contributed by atoms with Crippen molar-refractivity contribution < 1.29 is 4.74 Å². The Hall–Kier alpha value is -2.12. The quantitative estimate of drug-likeness (QED) is 0.894. The summed E-state index contributed by atoms with van der Waals surface area (Å²) in [5.41, 5.74) is 1.48. The van der Waals surface area contributed by atoms with Crippen LogP contribution in [0.3, 0.4) is 0 Å². The van der Waals surface area contributed by atoms with Crippen molar-refractivity contribution in [3.63, 3.8) is 0 Å². The van der Waals surface area contributed by atoms with E-state index in [0.29, 0.717) is 11.4 Å². The lowest BCUT2D eigenvalue weighted by Gasteiger charge is -2.17. The van der Waals surface area contributed by atoms with Crippen LogP contribution in [-0.4, -0.2) is 23.7 Å². The number of ether oxygens (including phenoxy) is 1. The fourth-order valence-electron chi connectivity index (χ4n) is 2.41. The average molecular weight is 253 g/mol. The molecular weight excluding hydrogens is 238 g/mol. The molecular formula is C15H15N3O. The van der Waals surface area contributed by atoms with E-state index < -0.39 is 0 Å². The van der Waals surface area contributed by atoms with Crippen LogP contribution in [-0.2, 0) is 4.74 Å². The van der Waals surface area contributed by atoms with Crippen LogP contribution in [0.4, 0.5) is 5.82 Å². The highest BCUT2D eigenvalue weighted by Crippen LogP contribution is 2.23. The minimum absolute atomic E-state index is 0.153. The monoisotopic (exact) mass is 253 g/mol. The Bertz CT molecular complexity index is 647. The Labute approximate surface area is 112 Å². The third-order valence-electron chi connectivity index (χ3n) is 3.54. The molecule has 1 fully saturated rings. The van der Waals surface area contributed by atoms with Gasteiger partial charge < -0.3 is 10.1 Å². The highest BCUT2D eigenvalue weighted by molar-refractivity contribution is 5.82. The summed E-state index contributed by atoms with van der Waals surface area (Å²) in [4.78, 5) is 4.55. The van der Waals surface area contributed by atoms with E-state index in [2.05, 4.69) is 16.4 Å².